The number of ether oxygens (including phenoxy) is 4. The van der Waals surface area contributed by atoms with Crippen molar-refractivity contribution in [3.8, 4) is 0 Å². The molecule has 1 saturated heterocycles. The Morgan fingerprint density at radius 3 is 2.55 bits per heavy atom. The van der Waals surface area contributed by atoms with E-state index in [2.05, 4.69) is 18.7 Å². The van der Waals surface area contributed by atoms with Gasteiger partial charge in [-0.1, -0.05) is 13.8 Å². The Morgan fingerprint density at radius 2 is 1.94 bits per heavy atom. The van der Waals surface area contributed by atoms with E-state index in [0.717, 1.165) is 38.8 Å². The van der Waals surface area contributed by atoms with Crippen LogP contribution in [0.5, 0.6) is 0 Å². The molecule has 5 aliphatic carbocycles. The fraction of sp³-hybridized carbons (Fsp3) is 0.962. The summed E-state index contributed by atoms with van der Waals surface area (Å²) in [6.45, 7) is 8.17. The molecule has 1 spiro atoms. The van der Waals surface area contributed by atoms with Crippen molar-refractivity contribution in [2.24, 2.45) is 40.4 Å². The summed E-state index contributed by atoms with van der Waals surface area (Å²) in [5.74, 6) is 0.364. The third-order valence-electron chi connectivity index (χ3n) is 11.5. The van der Waals surface area contributed by atoms with Gasteiger partial charge in [0.2, 0.25) is 0 Å². The smallest absolute Gasteiger partial charge is 0.302 e. The van der Waals surface area contributed by atoms with Crippen molar-refractivity contribution in [2.45, 2.75) is 82.5 Å². The number of rotatable bonds is 5. The Hall–Kier alpha value is -0.730. The molecular formula is C26H41NO6. The molecule has 7 nitrogen and oxygen atoms in total. The standard InChI is InChI=1S/C26H41NO6/c1-7-27-12-24(3)9-8-17(31-5)26-15-10-14-16(30-4)11-25(32-6,18(15)20(14)29)19(23(26)27)21(22(24)26)33-13(2)28/h14-23,29H,7-12H2,1-6H3/t14-,15-,16?,17?,18-,19+,20?,21?,22-,23-,24+,25-,26+/m1/s1. The number of likely N-dealkylation sites (tertiary alicyclic amines) is 1. The number of esters is 1. The second-order valence-corrected chi connectivity index (χ2v) is 12.2. The molecule has 6 aliphatic rings. The lowest BCUT2D eigenvalue weighted by Gasteiger charge is -2.69. The minimum Gasteiger partial charge on any atom is -0.462 e. The Labute approximate surface area is 197 Å². The first-order valence-corrected chi connectivity index (χ1v) is 12.9. The molecule has 0 aromatic heterocycles. The van der Waals surface area contributed by atoms with Crippen molar-refractivity contribution >= 4 is 5.97 Å². The number of aliphatic hydroxyl groups is 1. The molecule has 5 saturated carbocycles. The van der Waals surface area contributed by atoms with E-state index in [9.17, 15) is 9.90 Å². The monoisotopic (exact) mass is 463 g/mol. The van der Waals surface area contributed by atoms with E-state index in [4.69, 9.17) is 18.9 Å². The number of aliphatic hydroxyl groups excluding tert-OH is 1. The molecule has 13 atom stereocenters. The van der Waals surface area contributed by atoms with Gasteiger partial charge in [-0.2, -0.15) is 0 Å². The van der Waals surface area contributed by atoms with Gasteiger partial charge in [0.15, 0.2) is 0 Å². The average molecular weight is 464 g/mol. The van der Waals surface area contributed by atoms with Gasteiger partial charge < -0.3 is 24.1 Å². The molecule has 1 N–H and O–H groups in total. The molecular weight excluding hydrogens is 422 g/mol. The van der Waals surface area contributed by atoms with E-state index >= 15 is 0 Å². The maximum atomic E-state index is 12.5. The molecule has 33 heavy (non-hydrogen) atoms. The van der Waals surface area contributed by atoms with Crippen LogP contribution in [0.4, 0.5) is 0 Å². The van der Waals surface area contributed by atoms with Gasteiger partial charge in [0.1, 0.15) is 6.10 Å². The number of piperidine rings is 1. The summed E-state index contributed by atoms with van der Waals surface area (Å²) >= 11 is 0. The summed E-state index contributed by atoms with van der Waals surface area (Å²) in [5.41, 5.74) is -0.707. The topological polar surface area (TPSA) is 77.5 Å². The van der Waals surface area contributed by atoms with Crippen LogP contribution in [-0.2, 0) is 23.7 Å². The van der Waals surface area contributed by atoms with Crippen LogP contribution < -0.4 is 0 Å². The third-order valence-corrected chi connectivity index (χ3v) is 11.5. The summed E-state index contributed by atoms with van der Waals surface area (Å²) in [7, 11) is 5.42. The molecule has 1 aliphatic heterocycles. The van der Waals surface area contributed by atoms with Crippen LogP contribution in [0.1, 0.15) is 46.5 Å². The molecule has 7 heteroatoms. The molecule has 0 aromatic rings. The molecule has 1 heterocycles. The van der Waals surface area contributed by atoms with E-state index in [1.165, 1.54) is 6.92 Å². The minimum absolute atomic E-state index is 0.0125. The van der Waals surface area contributed by atoms with E-state index in [1.54, 1.807) is 14.2 Å². The van der Waals surface area contributed by atoms with Crippen molar-refractivity contribution < 1.29 is 28.8 Å². The van der Waals surface area contributed by atoms with Crippen LogP contribution in [0, 0.1) is 40.4 Å². The SMILES string of the molecule is CCN1C[C@]2(C)CCC(OC)[C@@]34[C@@H]5C[C@@H]6C(OC)C[C@@](OC)([C@H]5C6O)[C@@H](C(OC(C)=O)[C@H]23)[C@@H]14. The summed E-state index contributed by atoms with van der Waals surface area (Å²) in [6, 6.07) is 0.206. The van der Waals surface area contributed by atoms with E-state index in [0.29, 0.717) is 0 Å². The maximum absolute atomic E-state index is 12.5. The van der Waals surface area contributed by atoms with E-state index < -0.39 is 11.7 Å². The van der Waals surface area contributed by atoms with Gasteiger partial charge in [-0.3, -0.25) is 9.69 Å². The van der Waals surface area contributed by atoms with Gasteiger partial charge >= 0.3 is 5.97 Å². The summed E-state index contributed by atoms with van der Waals surface area (Å²) in [5, 5.41) is 11.7. The van der Waals surface area contributed by atoms with Crippen molar-refractivity contribution in [3.63, 3.8) is 0 Å². The Bertz CT molecular complexity index is 838. The zero-order valence-electron chi connectivity index (χ0n) is 21.0. The highest BCUT2D eigenvalue weighted by Crippen LogP contribution is 2.79. The Balaban J connectivity index is 1.65. The highest BCUT2D eigenvalue weighted by molar-refractivity contribution is 5.66. The van der Waals surface area contributed by atoms with E-state index in [-0.39, 0.29) is 70.7 Å². The largest absolute Gasteiger partial charge is 0.462 e. The van der Waals surface area contributed by atoms with Crippen LogP contribution in [0.15, 0.2) is 0 Å². The average Bonchev–Trinajstić information content (AvgIpc) is 3.17. The highest BCUT2D eigenvalue weighted by atomic mass is 16.6. The molecule has 4 unspecified atom stereocenters. The molecule has 7 bridgehead atoms. The lowest BCUT2D eigenvalue weighted by atomic mass is 9.43. The molecule has 0 radical (unpaired) electrons. The number of fused-ring (bicyclic) bond motifs is 2. The lowest BCUT2D eigenvalue weighted by Crippen LogP contribution is -2.76. The number of carbonyl (C=O) groups excluding carboxylic acids is 1. The summed E-state index contributed by atoms with van der Waals surface area (Å²) in [4.78, 5) is 15.2. The predicted octanol–water partition coefficient (Wildman–Crippen LogP) is 2.10. The fourth-order valence-electron chi connectivity index (χ4n) is 11.1. The number of hydrogen-bond acceptors (Lipinski definition) is 7. The molecule has 6 fully saturated rings. The number of hydrogen-bond donors (Lipinski definition) is 1. The van der Waals surface area contributed by atoms with Crippen LogP contribution in [0.2, 0.25) is 0 Å². The zero-order chi connectivity index (χ0) is 23.5. The fourth-order valence-corrected chi connectivity index (χ4v) is 11.1. The van der Waals surface area contributed by atoms with Gasteiger partial charge in [0, 0.05) is 76.3 Å². The molecule has 0 aromatic carbocycles. The van der Waals surface area contributed by atoms with Gasteiger partial charge in [-0.05, 0) is 37.1 Å². The second-order valence-electron chi connectivity index (χ2n) is 12.2. The third kappa shape index (κ3) is 2.37. The van der Waals surface area contributed by atoms with Crippen LogP contribution in [0.25, 0.3) is 0 Å². The Morgan fingerprint density at radius 1 is 1.18 bits per heavy atom. The number of methoxy groups -OCH3 is 3. The first kappa shape index (κ1) is 22.7. The highest BCUT2D eigenvalue weighted by Gasteiger charge is 2.86. The van der Waals surface area contributed by atoms with Crippen LogP contribution in [-0.4, -0.2) is 86.5 Å². The maximum Gasteiger partial charge on any atom is 0.302 e. The van der Waals surface area contributed by atoms with Crippen molar-refractivity contribution in [3.05, 3.63) is 0 Å². The normalized spacial score (nSPS) is 58.4. The lowest BCUT2D eigenvalue weighted by molar-refractivity contribution is -0.276. The molecule has 0 amide bonds. The van der Waals surface area contributed by atoms with Crippen molar-refractivity contribution in [2.75, 3.05) is 34.4 Å². The number of carbonyl (C=O) groups is 1. The van der Waals surface area contributed by atoms with Crippen molar-refractivity contribution in [1.29, 1.82) is 0 Å². The van der Waals surface area contributed by atoms with Gasteiger partial charge in [0.05, 0.1) is 23.9 Å². The zero-order valence-corrected chi connectivity index (χ0v) is 21.0. The minimum atomic E-state index is -0.581. The quantitative estimate of drug-likeness (QED) is 0.626. The van der Waals surface area contributed by atoms with Crippen LogP contribution in [0.3, 0.4) is 0 Å². The van der Waals surface area contributed by atoms with Gasteiger partial charge in [0.25, 0.3) is 0 Å². The predicted molar refractivity (Wildman–Crippen MR) is 120 cm³/mol. The molecule has 186 valence electrons. The summed E-state index contributed by atoms with van der Waals surface area (Å²) < 4.78 is 25.3. The van der Waals surface area contributed by atoms with E-state index in [1.807, 2.05) is 7.11 Å². The van der Waals surface area contributed by atoms with Gasteiger partial charge in [-0.15, -0.1) is 0 Å². The first-order chi connectivity index (χ1) is 15.7. The number of nitrogens with zero attached hydrogens (tertiary/aromatic N) is 1. The molecule has 6 rings (SSSR count). The second kappa shape index (κ2) is 7.16. The Kier molecular flexibility index (Phi) is 4.93. The van der Waals surface area contributed by atoms with Crippen LogP contribution >= 0.6 is 0 Å². The van der Waals surface area contributed by atoms with Gasteiger partial charge in [-0.25, -0.2) is 0 Å². The summed E-state index contributed by atoms with van der Waals surface area (Å²) in [6.07, 6.45) is 3.09. The first-order valence-electron chi connectivity index (χ1n) is 12.9. The van der Waals surface area contributed by atoms with Crippen molar-refractivity contribution in [1.82, 2.24) is 4.90 Å².